The lowest BCUT2D eigenvalue weighted by Gasteiger charge is -2.33. The van der Waals surface area contributed by atoms with Crippen LogP contribution in [0.15, 0.2) is 223 Å². The van der Waals surface area contributed by atoms with Crippen molar-refractivity contribution < 1.29 is 4.42 Å². The number of nitrogens with zero attached hydrogens (tertiary/aromatic N) is 3. The number of furan rings is 1. The van der Waals surface area contributed by atoms with Crippen molar-refractivity contribution in [3.8, 4) is 27.9 Å². The molecule has 3 heterocycles. The summed E-state index contributed by atoms with van der Waals surface area (Å²) in [4.78, 5) is 7.59. The number of benzene rings is 10. The summed E-state index contributed by atoms with van der Waals surface area (Å²) >= 11 is 0. The van der Waals surface area contributed by atoms with Crippen LogP contribution in [0.3, 0.4) is 0 Å². The third kappa shape index (κ3) is 4.73. The zero-order valence-corrected chi connectivity index (χ0v) is 36.5. The fraction of sp³-hybridized carbons (Fsp3) is 0.0317. The van der Waals surface area contributed by atoms with Crippen molar-refractivity contribution in [1.29, 1.82) is 0 Å². The summed E-state index contributed by atoms with van der Waals surface area (Å²) in [5.41, 5.74) is 17.7. The minimum absolute atomic E-state index is 0.664. The molecule has 2 aliphatic carbocycles. The predicted octanol–water partition coefficient (Wildman–Crippen LogP) is 16.5. The molecule has 3 aromatic heterocycles. The molecular formula is C63H39N3O. The van der Waals surface area contributed by atoms with Gasteiger partial charge in [-0.2, -0.15) is 0 Å². The van der Waals surface area contributed by atoms with Crippen molar-refractivity contribution in [2.24, 2.45) is 0 Å². The van der Waals surface area contributed by atoms with Gasteiger partial charge in [0, 0.05) is 39.1 Å². The molecule has 4 heteroatoms. The topological polar surface area (TPSA) is 34.2 Å². The van der Waals surface area contributed by atoms with Crippen molar-refractivity contribution in [1.82, 2.24) is 9.55 Å². The van der Waals surface area contributed by atoms with Crippen LogP contribution >= 0.6 is 0 Å². The van der Waals surface area contributed by atoms with Gasteiger partial charge in [-0.3, -0.25) is 4.90 Å². The molecule has 0 saturated heterocycles. The molecule has 312 valence electrons. The number of pyridine rings is 1. The summed E-state index contributed by atoms with van der Waals surface area (Å²) in [6.45, 7) is 2.10. The summed E-state index contributed by atoms with van der Waals surface area (Å²) in [5.74, 6) is 0.811. The first-order valence-corrected chi connectivity index (χ1v) is 23.1. The van der Waals surface area contributed by atoms with Gasteiger partial charge < -0.3 is 8.98 Å². The third-order valence-electron chi connectivity index (χ3n) is 14.8. The first-order valence-electron chi connectivity index (χ1n) is 23.1. The van der Waals surface area contributed by atoms with E-state index in [-0.39, 0.29) is 0 Å². The number of anilines is 3. The van der Waals surface area contributed by atoms with Gasteiger partial charge in [0.15, 0.2) is 5.58 Å². The molecular weight excluding hydrogens is 815 g/mol. The molecule has 0 unspecified atom stereocenters. The average molecular weight is 854 g/mol. The van der Waals surface area contributed by atoms with E-state index in [2.05, 4.69) is 229 Å². The highest BCUT2D eigenvalue weighted by Crippen LogP contribution is 2.68. The van der Waals surface area contributed by atoms with E-state index in [1.54, 1.807) is 0 Å². The molecule has 10 aromatic carbocycles. The van der Waals surface area contributed by atoms with Crippen LogP contribution in [0.25, 0.3) is 93.2 Å². The number of para-hydroxylation sites is 3. The van der Waals surface area contributed by atoms with E-state index in [1.165, 1.54) is 71.4 Å². The Bertz CT molecular complexity index is 4190. The van der Waals surface area contributed by atoms with Crippen LogP contribution in [0.2, 0.25) is 0 Å². The largest absolute Gasteiger partial charge is 0.454 e. The summed E-state index contributed by atoms with van der Waals surface area (Å²) in [6, 6.07) is 78.0. The molecule has 0 saturated carbocycles. The van der Waals surface area contributed by atoms with Crippen LogP contribution in [0.4, 0.5) is 17.2 Å². The Hall–Kier alpha value is -8.73. The Labute approximate surface area is 386 Å². The van der Waals surface area contributed by atoms with Crippen molar-refractivity contribution in [3.05, 3.63) is 246 Å². The fourth-order valence-electron chi connectivity index (χ4n) is 12.3. The Morgan fingerprint density at radius 1 is 0.478 bits per heavy atom. The van der Waals surface area contributed by atoms with E-state index in [0.29, 0.717) is 0 Å². The number of hydrogen-bond acceptors (Lipinski definition) is 3. The normalized spacial score (nSPS) is 13.3. The second-order valence-electron chi connectivity index (χ2n) is 18.2. The van der Waals surface area contributed by atoms with Crippen molar-refractivity contribution >= 4 is 82.5 Å². The van der Waals surface area contributed by atoms with Crippen LogP contribution in [-0.2, 0) is 5.41 Å². The quantitative estimate of drug-likeness (QED) is 0.165. The Morgan fingerprint density at radius 2 is 1.09 bits per heavy atom. The van der Waals surface area contributed by atoms with Gasteiger partial charge in [-0.1, -0.05) is 158 Å². The maximum Gasteiger partial charge on any atom is 0.160 e. The number of fused-ring (bicyclic) bond motifs is 22. The van der Waals surface area contributed by atoms with E-state index in [0.717, 1.165) is 66.8 Å². The number of hydrogen-bond donors (Lipinski definition) is 0. The van der Waals surface area contributed by atoms with Gasteiger partial charge in [-0.25, -0.2) is 4.98 Å². The van der Waals surface area contributed by atoms with Crippen molar-refractivity contribution in [2.75, 3.05) is 4.90 Å². The van der Waals surface area contributed by atoms with Crippen LogP contribution in [-0.4, -0.2) is 9.55 Å². The SMILES string of the molecule is Cc1ccc(N(c2ccc3c(c2)c2ccccc2n3-c2ccccc2)c2cc3c(c4c2oc2ccccc24)-c2c(c4ccccc4c4ccccc24)C32c3ccccc3-c3ccccc32)nc1. The Morgan fingerprint density at radius 3 is 1.84 bits per heavy atom. The van der Waals surface area contributed by atoms with Crippen LogP contribution in [0.1, 0.15) is 27.8 Å². The van der Waals surface area contributed by atoms with Crippen molar-refractivity contribution in [3.63, 3.8) is 0 Å². The van der Waals surface area contributed by atoms with Gasteiger partial charge in [0.2, 0.25) is 0 Å². The Balaban J connectivity index is 1.14. The summed E-state index contributed by atoms with van der Waals surface area (Å²) in [7, 11) is 0. The van der Waals surface area contributed by atoms with E-state index in [1.807, 2.05) is 6.20 Å². The molecule has 0 aliphatic heterocycles. The molecule has 0 radical (unpaired) electrons. The second-order valence-corrected chi connectivity index (χ2v) is 18.2. The average Bonchev–Trinajstić information content (AvgIpc) is 4.11. The van der Waals surface area contributed by atoms with Crippen LogP contribution in [0, 0.1) is 6.92 Å². The lowest BCUT2D eigenvalue weighted by atomic mass is 9.69. The minimum atomic E-state index is -0.664. The summed E-state index contributed by atoms with van der Waals surface area (Å²) in [5, 5.41) is 9.57. The molecule has 0 amide bonds. The molecule has 0 atom stereocenters. The second kappa shape index (κ2) is 13.4. The third-order valence-corrected chi connectivity index (χ3v) is 14.8. The van der Waals surface area contributed by atoms with Gasteiger partial charge in [0.25, 0.3) is 0 Å². The van der Waals surface area contributed by atoms with Gasteiger partial charge in [-0.05, 0) is 133 Å². The zero-order valence-electron chi connectivity index (χ0n) is 36.5. The fourth-order valence-corrected chi connectivity index (χ4v) is 12.3. The molecule has 13 aromatic rings. The van der Waals surface area contributed by atoms with E-state index >= 15 is 0 Å². The summed E-state index contributed by atoms with van der Waals surface area (Å²) < 4.78 is 9.68. The predicted molar refractivity (Wildman–Crippen MR) is 277 cm³/mol. The zero-order chi connectivity index (χ0) is 44.0. The highest BCUT2D eigenvalue weighted by atomic mass is 16.3. The van der Waals surface area contributed by atoms with Gasteiger partial charge in [-0.15, -0.1) is 0 Å². The van der Waals surface area contributed by atoms with E-state index in [9.17, 15) is 0 Å². The maximum atomic E-state index is 7.31. The molecule has 1 spiro atoms. The molecule has 0 fully saturated rings. The number of aryl methyl sites for hydroxylation is 1. The highest BCUT2D eigenvalue weighted by molar-refractivity contribution is 6.27. The lowest BCUT2D eigenvalue weighted by molar-refractivity contribution is 0.668. The van der Waals surface area contributed by atoms with E-state index < -0.39 is 5.41 Å². The van der Waals surface area contributed by atoms with E-state index in [4.69, 9.17) is 9.40 Å². The Kier molecular flexibility index (Phi) is 7.33. The first-order chi connectivity index (χ1) is 33.2. The van der Waals surface area contributed by atoms with Gasteiger partial charge in [0.1, 0.15) is 11.4 Å². The first kappa shape index (κ1) is 36.6. The van der Waals surface area contributed by atoms with Crippen LogP contribution in [0.5, 0.6) is 0 Å². The van der Waals surface area contributed by atoms with Gasteiger partial charge >= 0.3 is 0 Å². The lowest BCUT2D eigenvalue weighted by Crippen LogP contribution is -2.26. The molecule has 2 aliphatic rings. The smallest absolute Gasteiger partial charge is 0.160 e. The molecule has 67 heavy (non-hydrogen) atoms. The molecule has 0 bridgehead atoms. The molecule has 15 rings (SSSR count). The molecule has 0 N–H and O–H groups in total. The van der Waals surface area contributed by atoms with Gasteiger partial charge in [0.05, 0.1) is 22.1 Å². The minimum Gasteiger partial charge on any atom is -0.454 e. The van der Waals surface area contributed by atoms with Crippen LogP contribution < -0.4 is 4.90 Å². The summed E-state index contributed by atoms with van der Waals surface area (Å²) in [6.07, 6.45) is 1.98. The van der Waals surface area contributed by atoms with Crippen molar-refractivity contribution in [2.45, 2.75) is 12.3 Å². The number of rotatable bonds is 4. The monoisotopic (exact) mass is 853 g/mol. The maximum absolute atomic E-state index is 7.31. The molecule has 4 nitrogen and oxygen atoms in total. The highest BCUT2D eigenvalue weighted by Gasteiger charge is 2.54. The standard InChI is InChI=1S/C63H39N3O/c1-38-31-34-57(64-37-38)66(40-32-33-54-49(35-40)45-23-11-15-29-53(45)65(54)39-17-3-2-4-18-39)55-36-52-60(59-48-26-12-16-30-56(48)67-62(55)59)58-46-24-7-5-19-41(46)42-20-6-8-25-47(42)61(58)63(52)50-27-13-9-21-43(50)44-22-10-14-28-51(44)63/h2-37H,1H3. The number of aromatic nitrogens is 2.